The molecule has 3 aromatic rings. The zero-order chi connectivity index (χ0) is 20.1. The fourth-order valence-electron chi connectivity index (χ4n) is 3.02. The molecule has 2 N–H and O–H groups in total. The zero-order valence-electron chi connectivity index (χ0n) is 15.9. The molecule has 0 fully saturated rings. The number of halogens is 2. The van der Waals surface area contributed by atoms with E-state index in [0.29, 0.717) is 12.5 Å². The summed E-state index contributed by atoms with van der Waals surface area (Å²) in [5, 5.41) is 5.06. The second-order valence-corrected chi connectivity index (χ2v) is 6.31. The van der Waals surface area contributed by atoms with Crippen molar-refractivity contribution in [3.8, 4) is 0 Å². The standard InChI is InChI=1S/C20H23F2N5O/c1-3-26(4-2)11-12-27-18-8-6-5-7-17(18)23-19(27)25-20(28)24-16-10-9-14(21)13-15(16)22/h5-10,13H,3-4,11-12H2,1-2H3,(H2,23,24,25,28). The number of likely N-dealkylation sites (N-methyl/N-ethyl adjacent to an activating group) is 1. The molecule has 6 nitrogen and oxygen atoms in total. The highest BCUT2D eigenvalue weighted by Gasteiger charge is 2.15. The highest BCUT2D eigenvalue weighted by atomic mass is 19.1. The first-order valence-corrected chi connectivity index (χ1v) is 9.22. The van der Waals surface area contributed by atoms with Crippen LogP contribution >= 0.6 is 0 Å². The molecule has 0 aliphatic carbocycles. The number of anilines is 2. The van der Waals surface area contributed by atoms with E-state index in [-0.39, 0.29) is 5.69 Å². The predicted molar refractivity (Wildman–Crippen MR) is 107 cm³/mol. The van der Waals surface area contributed by atoms with E-state index in [1.165, 1.54) is 6.07 Å². The quantitative estimate of drug-likeness (QED) is 0.635. The van der Waals surface area contributed by atoms with E-state index in [1.54, 1.807) is 0 Å². The van der Waals surface area contributed by atoms with Crippen LogP contribution in [-0.2, 0) is 6.54 Å². The largest absolute Gasteiger partial charge is 0.326 e. The van der Waals surface area contributed by atoms with Gasteiger partial charge >= 0.3 is 6.03 Å². The maximum absolute atomic E-state index is 13.8. The summed E-state index contributed by atoms with van der Waals surface area (Å²) in [7, 11) is 0. The molecule has 28 heavy (non-hydrogen) atoms. The molecule has 148 valence electrons. The summed E-state index contributed by atoms with van der Waals surface area (Å²) in [6.07, 6.45) is 0. The first-order valence-electron chi connectivity index (χ1n) is 9.22. The average Bonchev–Trinajstić information content (AvgIpc) is 3.02. The minimum absolute atomic E-state index is 0.107. The molecule has 3 rings (SSSR count). The molecule has 0 aliphatic heterocycles. The van der Waals surface area contributed by atoms with Gasteiger partial charge in [0.25, 0.3) is 0 Å². The van der Waals surface area contributed by atoms with Crippen LogP contribution < -0.4 is 10.6 Å². The Labute approximate surface area is 162 Å². The number of carbonyl (C=O) groups excluding carboxylic acids is 1. The van der Waals surface area contributed by atoms with Gasteiger partial charge in [-0.1, -0.05) is 26.0 Å². The number of nitrogens with one attached hydrogen (secondary N) is 2. The molecule has 2 aromatic carbocycles. The van der Waals surface area contributed by atoms with E-state index in [2.05, 4.69) is 34.4 Å². The molecule has 0 radical (unpaired) electrons. The molecule has 0 atom stereocenters. The molecule has 0 saturated carbocycles. The number of urea groups is 1. The van der Waals surface area contributed by atoms with Crippen LogP contribution in [0.2, 0.25) is 0 Å². The SMILES string of the molecule is CCN(CC)CCn1c(NC(=O)Nc2ccc(F)cc2F)nc2ccccc21. The second-order valence-electron chi connectivity index (χ2n) is 6.31. The van der Waals surface area contributed by atoms with Gasteiger partial charge in [0.2, 0.25) is 5.95 Å². The molecule has 1 aromatic heterocycles. The number of benzene rings is 2. The van der Waals surface area contributed by atoms with Crippen molar-refractivity contribution in [2.45, 2.75) is 20.4 Å². The van der Waals surface area contributed by atoms with E-state index < -0.39 is 17.7 Å². The Morgan fingerprint density at radius 1 is 1.11 bits per heavy atom. The third kappa shape index (κ3) is 4.45. The minimum atomic E-state index is -0.842. The lowest BCUT2D eigenvalue weighted by atomic mass is 10.3. The summed E-state index contributed by atoms with van der Waals surface area (Å²) < 4.78 is 28.7. The summed E-state index contributed by atoms with van der Waals surface area (Å²) in [5.74, 6) is -1.18. The van der Waals surface area contributed by atoms with Crippen LogP contribution in [0.15, 0.2) is 42.5 Å². The van der Waals surface area contributed by atoms with Crippen LogP contribution in [-0.4, -0.2) is 40.1 Å². The van der Waals surface area contributed by atoms with E-state index in [9.17, 15) is 13.6 Å². The van der Waals surface area contributed by atoms with Crippen molar-refractivity contribution in [3.05, 3.63) is 54.1 Å². The van der Waals surface area contributed by atoms with Gasteiger partial charge in [-0.15, -0.1) is 0 Å². The molecule has 0 spiro atoms. The van der Waals surface area contributed by atoms with Gasteiger partial charge in [0.05, 0.1) is 16.7 Å². The number of carbonyl (C=O) groups is 1. The number of nitrogens with zero attached hydrogens (tertiary/aromatic N) is 3. The fourth-order valence-corrected chi connectivity index (χ4v) is 3.02. The van der Waals surface area contributed by atoms with E-state index in [4.69, 9.17) is 0 Å². The smallest absolute Gasteiger partial charge is 0.309 e. The number of amides is 2. The highest BCUT2D eigenvalue weighted by Crippen LogP contribution is 2.20. The summed E-state index contributed by atoms with van der Waals surface area (Å²) in [5.41, 5.74) is 1.55. The molecule has 0 saturated heterocycles. The van der Waals surface area contributed by atoms with Crippen molar-refractivity contribution in [3.63, 3.8) is 0 Å². The van der Waals surface area contributed by atoms with Gasteiger partial charge in [-0.3, -0.25) is 5.32 Å². The summed E-state index contributed by atoms with van der Waals surface area (Å²) >= 11 is 0. The number of hydrogen-bond donors (Lipinski definition) is 2. The lowest BCUT2D eigenvalue weighted by Crippen LogP contribution is -2.28. The molecular formula is C20H23F2N5O. The minimum Gasteiger partial charge on any atom is -0.309 e. The number of rotatable bonds is 7. The molecular weight excluding hydrogens is 364 g/mol. The van der Waals surface area contributed by atoms with Crippen LogP contribution in [0.4, 0.5) is 25.2 Å². The van der Waals surface area contributed by atoms with Gasteiger partial charge in [0.15, 0.2) is 0 Å². The Balaban J connectivity index is 1.81. The maximum Gasteiger partial charge on any atom is 0.326 e. The molecule has 0 bridgehead atoms. The zero-order valence-corrected chi connectivity index (χ0v) is 15.9. The Kier molecular flexibility index (Phi) is 6.20. The van der Waals surface area contributed by atoms with Gasteiger partial charge in [0.1, 0.15) is 11.6 Å². The Morgan fingerprint density at radius 2 is 1.86 bits per heavy atom. The number of hydrogen-bond acceptors (Lipinski definition) is 3. The van der Waals surface area contributed by atoms with Gasteiger partial charge in [-0.25, -0.2) is 18.6 Å². The van der Waals surface area contributed by atoms with Gasteiger partial charge < -0.3 is 14.8 Å². The number of imidazole rings is 1. The first-order chi connectivity index (χ1) is 13.5. The van der Waals surface area contributed by atoms with Gasteiger partial charge in [-0.2, -0.15) is 0 Å². The van der Waals surface area contributed by atoms with Crippen LogP contribution in [0.5, 0.6) is 0 Å². The number of fused-ring (bicyclic) bond motifs is 1. The van der Waals surface area contributed by atoms with Crippen molar-refractivity contribution >= 4 is 28.7 Å². The lowest BCUT2D eigenvalue weighted by molar-refractivity contribution is 0.261. The average molecular weight is 387 g/mol. The number of aromatic nitrogens is 2. The van der Waals surface area contributed by atoms with Crippen molar-refractivity contribution in [1.29, 1.82) is 0 Å². The van der Waals surface area contributed by atoms with E-state index >= 15 is 0 Å². The number of para-hydroxylation sites is 2. The maximum atomic E-state index is 13.8. The predicted octanol–water partition coefficient (Wildman–Crippen LogP) is 4.30. The molecule has 1 heterocycles. The Bertz CT molecular complexity index is 968. The summed E-state index contributed by atoms with van der Waals surface area (Å²) in [6.45, 7) is 7.49. The summed E-state index contributed by atoms with van der Waals surface area (Å²) in [6, 6.07) is 9.92. The van der Waals surface area contributed by atoms with E-state index in [1.807, 2.05) is 28.8 Å². The normalized spacial score (nSPS) is 11.2. The first kappa shape index (κ1) is 19.8. The van der Waals surface area contributed by atoms with Crippen molar-refractivity contribution in [1.82, 2.24) is 14.5 Å². The van der Waals surface area contributed by atoms with Crippen molar-refractivity contribution in [2.75, 3.05) is 30.3 Å². The van der Waals surface area contributed by atoms with Gasteiger partial charge in [-0.05, 0) is 37.4 Å². The third-order valence-electron chi connectivity index (χ3n) is 4.59. The third-order valence-corrected chi connectivity index (χ3v) is 4.59. The fraction of sp³-hybridized carbons (Fsp3) is 0.300. The van der Waals surface area contributed by atoms with Crippen molar-refractivity contribution in [2.24, 2.45) is 0 Å². The molecule has 8 heteroatoms. The highest BCUT2D eigenvalue weighted by molar-refractivity contribution is 5.99. The Morgan fingerprint density at radius 3 is 2.57 bits per heavy atom. The van der Waals surface area contributed by atoms with Crippen LogP contribution in [0.3, 0.4) is 0 Å². The molecule has 0 unspecified atom stereocenters. The van der Waals surface area contributed by atoms with Crippen LogP contribution in [0.1, 0.15) is 13.8 Å². The monoisotopic (exact) mass is 387 g/mol. The summed E-state index contributed by atoms with van der Waals surface area (Å²) in [4.78, 5) is 19.1. The van der Waals surface area contributed by atoms with Gasteiger partial charge in [0, 0.05) is 19.2 Å². The Hall–Kier alpha value is -3.00. The molecule has 2 amide bonds. The van der Waals surface area contributed by atoms with Crippen molar-refractivity contribution < 1.29 is 13.6 Å². The molecule has 0 aliphatic rings. The topological polar surface area (TPSA) is 62.2 Å². The van der Waals surface area contributed by atoms with Crippen LogP contribution in [0.25, 0.3) is 11.0 Å². The van der Waals surface area contributed by atoms with E-state index in [0.717, 1.165) is 42.8 Å². The van der Waals surface area contributed by atoms with Crippen LogP contribution in [0, 0.1) is 11.6 Å². The second kappa shape index (κ2) is 8.79. The lowest BCUT2D eigenvalue weighted by Gasteiger charge is -2.19.